The first kappa shape index (κ1) is 11.1. The molecule has 0 radical (unpaired) electrons. The Balaban J connectivity index is 1.91. The molecule has 0 unspecified atom stereocenters. The van der Waals surface area contributed by atoms with Crippen molar-refractivity contribution in [1.82, 2.24) is 10.2 Å². The molecule has 1 aliphatic rings. The summed E-state index contributed by atoms with van der Waals surface area (Å²) in [7, 11) is 0. The minimum atomic E-state index is 0.500. The van der Waals surface area contributed by atoms with Gasteiger partial charge in [-0.3, -0.25) is 5.10 Å². The molecule has 1 fully saturated rings. The smallest absolute Gasteiger partial charge is 0.145 e. The largest absolute Gasteiger partial charge is 0.493 e. The Labute approximate surface area is 106 Å². The van der Waals surface area contributed by atoms with E-state index in [0.29, 0.717) is 5.82 Å². The number of ether oxygens (including phenoxy) is 1. The van der Waals surface area contributed by atoms with Crippen LogP contribution in [-0.4, -0.2) is 16.8 Å². The van der Waals surface area contributed by atoms with Gasteiger partial charge in [-0.05, 0) is 37.8 Å². The zero-order valence-corrected chi connectivity index (χ0v) is 10.4. The second kappa shape index (κ2) is 4.37. The predicted octanol–water partition coefficient (Wildman–Crippen LogP) is 2.76. The van der Waals surface area contributed by atoms with Crippen molar-refractivity contribution in [2.24, 2.45) is 5.92 Å². The second-order valence-electron chi connectivity index (χ2n) is 4.96. The first-order valence-corrected chi connectivity index (χ1v) is 6.27. The lowest BCUT2D eigenvalue weighted by Crippen LogP contribution is -2.00. The fourth-order valence-electron chi connectivity index (χ4n) is 1.95. The highest BCUT2D eigenvalue weighted by Crippen LogP contribution is 2.34. The Morgan fingerprint density at radius 2 is 2.22 bits per heavy atom. The molecule has 4 nitrogen and oxygen atoms in total. The fourth-order valence-corrected chi connectivity index (χ4v) is 1.95. The third-order valence-corrected chi connectivity index (χ3v) is 3.19. The Bertz CT molecular complexity index is 558. The molecule has 0 bridgehead atoms. The number of aromatic amines is 1. The van der Waals surface area contributed by atoms with Crippen molar-refractivity contribution >= 4 is 5.82 Å². The van der Waals surface area contributed by atoms with E-state index in [-0.39, 0.29) is 0 Å². The summed E-state index contributed by atoms with van der Waals surface area (Å²) in [5.41, 5.74) is 8.78. The van der Waals surface area contributed by atoms with Crippen LogP contribution in [0.4, 0.5) is 5.82 Å². The van der Waals surface area contributed by atoms with E-state index in [9.17, 15) is 0 Å². The minimum absolute atomic E-state index is 0.500. The maximum Gasteiger partial charge on any atom is 0.145 e. The van der Waals surface area contributed by atoms with Crippen LogP contribution in [0.3, 0.4) is 0 Å². The number of rotatable bonds is 4. The fraction of sp³-hybridized carbons (Fsp3) is 0.357. The Hall–Kier alpha value is -1.97. The van der Waals surface area contributed by atoms with Crippen LogP contribution in [0.15, 0.2) is 24.3 Å². The van der Waals surface area contributed by atoms with Crippen molar-refractivity contribution in [3.05, 3.63) is 29.8 Å². The average molecular weight is 243 g/mol. The normalized spacial score (nSPS) is 14.7. The van der Waals surface area contributed by atoms with E-state index >= 15 is 0 Å². The van der Waals surface area contributed by atoms with Gasteiger partial charge in [-0.2, -0.15) is 5.10 Å². The summed E-state index contributed by atoms with van der Waals surface area (Å²) in [5.74, 6) is 2.14. The molecule has 1 aromatic carbocycles. The monoisotopic (exact) mass is 243 g/mol. The number of H-pyrrole nitrogens is 1. The first-order chi connectivity index (χ1) is 8.72. The molecule has 1 saturated carbocycles. The maximum atomic E-state index is 5.89. The van der Waals surface area contributed by atoms with E-state index in [4.69, 9.17) is 10.5 Å². The molecule has 0 spiro atoms. The summed E-state index contributed by atoms with van der Waals surface area (Å²) in [6.45, 7) is 2.87. The quantitative estimate of drug-likeness (QED) is 0.867. The predicted molar refractivity (Wildman–Crippen MR) is 71.4 cm³/mol. The number of nitrogens with one attached hydrogen (secondary N) is 1. The van der Waals surface area contributed by atoms with Gasteiger partial charge in [0.25, 0.3) is 0 Å². The minimum Gasteiger partial charge on any atom is -0.493 e. The molecule has 1 aliphatic carbocycles. The molecule has 18 heavy (non-hydrogen) atoms. The van der Waals surface area contributed by atoms with Crippen molar-refractivity contribution in [1.29, 1.82) is 0 Å². The zero-order chi connectivity index (χ0) is 12.5. The summed E-state index contributed by atoms with van der Waals surface area (Å²) in [5, 5.41) is 6.91. The topological polar surface area (TPSA) is 63.9 Å². The summed E-state index contributed by atoms with van der Waals surface area (Å²) < 4.78 is 5.89. The SMILES string of the molecule is Cc1ccc(OCC2CC2)c(-c2cc(N)n[nH]2)c1. The Morgan fingerprint density at radius 3 is 2.89 bits per heavy atom. The molecular formula is C14H17N3O. The van der Waals surface area contributed by atoms with Gasteiger partial charge in [-0.25, -0.2) is 0 Å². The number of benzene rings is 1. The summed E-state index contributed by atoms with van der Waals surface area (Å²) in [6, 6.07) is 8.00. The molecule has 4 heteroatoms. The van der Waals surface area contributed by atoms with E-state index in [1.807, 2.05) is 12.1 Å². The summed E-state index contributed by atoms with van der Waals surface area (Å²) in [6.07, 6.45) is 2.58. The lowest BCUT2D eigenvalue weighted by molar-refractivity contribution is 0.301. The van der Waals surface area contributed by atoms with Crippen LogP contribution >= 0.6 is 0 Å². The van der Waals surface area contributed by atoms with E-state index < -0.39 is 0 Å². The third-order valence-electron chi connectivity index (χ3n) is 3.19. The zero-order valence-electron chi connectivity index (χ0n) is 10.4. The van der Waals surface area contributed by atoms with Crippen LogP contribution in [-0.2, 0) is 0 Å². The van der Waals surface area contributed by atoms with Crippen LogP contribution in [0.2, 0.25) is 0 Å². The highest BCUT2D eigenvalue weighted by atomic mass is 16.5. The number of hydrogen-bond acceptors (Lipinski definition) is 3. The number of nitrogens with zero attached hydrogens (tertiary/aromatic N) is 1. The molecule has 0 saturated heterocycles. The molecule has 0 amide bonds. The van der Waals surface area contributed by atoms with Gasteiger partial charge in [0.1, 0.15) is 11.6 Å². The van der Waals surface area contributed by atoms with Crippen LogP contribution < -0.4 is 10.5 Å². The molecule has 0 atom stereocenters. The van der Waals surface area contributed by atoms with Crippen LogP contribution in [0.25, 0.3) is 11.3 Å². The van der Waals surface area contributed by atoms with Crippen molar-refractivity contribution in [3.8, 4) is 17.0 Å². The van der Waals surface area contributed by atoms with Gasteiger partial charge in [0, 0.05) is 11.6 Å². The summed E-state index contributed by atoms with van der Waals surface area (Å²) in [4.78, 5) is 0. The van der Waals surface area contributed by atoms with Crippen molar-refractivity contribution in [3.63, 3.8) is 0 Å². The van der Waals surface area contributed by atoms with E-state index in [1.54, 1.807) is 0 Å². The number of hydrogen-bond donors (Lipinski definition) is 2. The molecule has 2 aromatic rings. The highest BCUT2D eigenvalue weighted by molar-refractivity contribution is 5.69. The maximum absolute atomic E-state index is 5.89. The average Bonchev–Trinajstić information content (AvgIpc) is 3.09. The molecule has 1 heterocycles. The lowest BCUT2D eigenvalue weighted by Gasteiger charge is -2.10. The molecule has 3 rings (SSSR count). The number of nitrogen functional groups attached to an aromatic ring is 1. The molecule has 94 valence electrons. The van der Waals surface area contributed by atoms with Crippen LogP contribution in [0.5, 0.6) is 5.75 Å². The van der Waals surface area contributed by atoms with Gasteiger partial charge >= 0.3 is 0 Å². The van der Waals surface area contributed by atoms with Crippen molar-refractivity contribution in [2.75, 3.05) is 12.3 Å². The number of aryl methyl sites for hydroxylation is 1. The van der Waals surface area contributed by atoms with Gasteiger partial charge in [0.15, 0.2) is 0 Å². The number of nitrogens with two attached hydrogens (primary N) is 1. The van der Waals surface area contributed by atoms with Crippen LogP contribution in [0, 0.1) is 12.8 Å². The Morgan fingerprint density at radius 1 is 1.39 bits per heavy atom. The van der Waals surface area contributed by atoms with Gasteiger partial charge in [0.2, 0.25) is 0 Å². The standard InChI is InChI=1S/C14H17N3O/c1-9-2-5-13(18-8-10-3-4-10)11(6-9)12-7-14(15)17-16-12/h2,5-7,10H,3-4,8H2,1H3,(H3,15,16,17). The van der Waals surface area contributed by atoms with Gasteiger partial charge in [0.05, 0.1) is 12.3 Å². The van der Waals surface area contributed by atoms with E-state index in [1.165, 1.54) is 18.4 Å². The van der Waals surface area contributed by atoms with Gasteiger partial charge < -0.3 is 10.5 Å². The molecule has 1 aromatic heterocycles. The van der Waals surface area contributed by atoms with E-state index in [0.717, 1.165) is 29.5 Å². The first-order valence-electron chi connectivity index (χ1n) is 6.27. The second-order valence-corrected chi connectivity index (χ2v) is 4.96. The third kappa shape index (κ3) is 2.32. The molecular weight excluding hydrogens is 226 g/mol. The van der Waals surface area contributed by atoms with Gasteiger partial charge in [-0.15, -0.1) is 0 Å². The molecule has 0 aliphatic heterocycles. The van der Waals surface area contributed by atoms with Gasteiger partial charge in [-0.1, -0.05) is 11.6 Å². The molecule has 3 N–H and O–H groups in total. The number of aromatic nitrogens is 2. The summed E-state index contributed by atoms with van der Waals surface area (Å²) >= 11 is 0. The number of anilines is 1. The Kier molecular flexibility index (Phi) is 2.70. The highest BCUT2D eigenvalue weighted by Gasteiger charge is 2.22. The van der Waals surface area contributed by atoms with Crippen molar-refractivity contribution < 1.29 is 4.74 Å². The van der Waals surface area contributed by atoms with E-state index in [2.05, 4.69) is 29.3 Å². The lowest BCUT2D eigenvalue weighted by atomic mass is 10.1. The van der Waals surface area contributed by atoms with Crippen LogP contribution in [0.1, 0.15) is 18.4 Å². The van der Waals surface area contributed by atoms with Crippen molar-refractivity contribution in [2.45, 2.75) is 19.8 Å².